The summed E-state index contributed by atoms with van der Waals surface area (Å²) in [5.41, 5.74) is 2.35. The second-order valence-electron chi connectivity index (χ2n) is 6.05. The topological polar surface area (TPSA) is 49.4 Å². The number of rotatable bonds is 4. The third kappa shape index (κ3) is 3.45. The Bertz CT molecular complexity index is 758. The van der Waals surface area contributed by atoms with E-state index >= 15 is 0 Å². The van der Waals surface area contributed by atoms with Crippen LogP contribution in [0.25, 0.3) is 0 Å². The molecule has 2 aromatic carbocycles. The van der Waals surface area contributed by atoms with Gasteiger partial charge in [-0.2, -0.15) is 0 Å². The summed E-state index contributed by atoms with van der Waals surface area (Å²) in [5.74, 6) is -1.04. The first-order chi connectivity index (χ1) is 11.5. The van der Waals surface area contributed by atoms with Gasteiger partial charge >= 0.3 is 0 Å². The van der Waals surface area contributed by atoms with E-state index < -0.39 is 5.92 Å². The molecule has 1 N–H and O–H groups in total. The van der Waals surface area contributed by atoms with Crippen LogP contribution in [-0.2, 0) is 16.1 Å². The van der Waals surface area contributed by atoms with Gasteiger partial charge in [0, 0.05) is 30.8 Å². The second-order valence-corrected chi connectivity index (χ2v) is 6.05. The third-order valence-corrected chi connectivity index (χ3v) is 4.25. The molecule has 1 aliphatic heterocycles. The summed E-state index contributed by atoms with van der Waals surface area (Å²) >= 11 is 0. The lowest BCUT2D eigenvalue weighted by atomic mass is 10.1. The van der Waals surface area contributed by atoms with Gasteiger partial charge in [0.15, 0.2) is 0 Å². The standard InChI is InChI=1S/C19H19FN2O2/c1-13-6-8-16(9-7-13)22-12-15(10-18(22)23)19(24)21-11-14-4-2-3-5-17(14)20/h2-9,15H,10-12H2,1H3,(H,21,24)/t15-/m1/s1. The molecule has 1 aliphatic rings. The molecule has 0 saturated carbocycles. The highest BCUT2D eigenvalue weighted by molar-refractivity contribution is 6.00. The third-order valence-electron chi connectivity index (χ3n) is 4.25. The summed E-state index contributed by atoms with van der Waals surface area (Å²) < 4.78 is 13.6. The van der Waals surface area contributed by atoms with E-state index in [2.05, 4.69) is 5.32 Å². The minimum atomic E-state index is -0.412. The molecular formula is C19H19FN2O2. The smallest absolute Gasteiger partial charge is 0.227 e. The number of anilines is 1. The van der Waals surface area contributed by atoms with Crippen LogP contribution in [0.4, 0.5) is 10.1 Å². The van der Waals surface area contributed by atoms with Crippen molar-refractivity contribution in [2.75, 3.05) is 11.4 Å². The van der Waals surface area contributed by atoms with Gasteiger partial charge in [0.2, 0.25) is 11.8 Å². The Labute approximate surface area is 140 Å². The van der Waals surface area contributed by atoms with Crippen molar-refractivity contribution in [3.8, 4) is 0 Å². The number of carbonyl (C=O) groups excluding carboxylic acids is 2. The molecule has 0 aliphatic carbocycles. The Hall–Kier alpha value is -2.69. The van der Waals surface area contributed by atoms with Crippen molar-refractivity contribution in [3.63, 3.8) is 0 Å². The lowest BCUT2D eigenvalue weighted by Gasteiger charge is -2.17. The number of hydrogen-bond donors (Lipinski definition) is 1. The monoisotopic (exact) mass is 326 g/mol. The van der Waals surface area contributed by atoms with Gasteiger partial charge in [0.1, 0.15) is 5.82 Å². The van der Waals surface area contributed by atoms with Gasteiger partial charge in [-0.25, -0.2) is 4.39 Å². The zero-order chi connectivity index (χ0) is 17.1. The van der Waals surface area contributed by atoms with Crippen molar-refractivity contribution >= 4 is 17.5 Å². The number of nitrogens with one attached hydrogen (secondary N) is 1. The first-order valence-electron chi connectivity index (χ1n) is 7.93. The Morgan fingerprint density at radius 2 is 1.92 bits per heavy atom. The van der Waals surface area contributed by atoms with Crippen molar-refractivity contribution in [1.82, 2.24) is 5.32 Å². The molecular weight excluding hydrogens is 307 g/mol. The molecule has 0 unspecified atom stereocenters. The fourth-order valence-electron chi connectivity index (χ4n) is 2.83. The molecule has 4 nitrogen and oxygen atoms in total. The lowest BCUT2D eigenvalue weighted by Crippen LogP contribution is -2.32. The quantitative estimate of drug-likeness (QED) is 0.939. The van der Waals surface area contributed by atoms with E-state index in [0.29, 0.717) is 12.1 Å². The number of halogens is 1. The molecule has 0 radical (unpaired) electrons. The van der Waals surface area contributed by atoms with Crippen LogP contribution in [0, 0.1) is 18.7 Å². The number of benzene rings is 2. The molecule has 0 aromatic heterocycles. The first-order valence-corrected chi connectivity index (χ1v) is 7.93. The van der Waals surface area contributed by atoms with Crippen LogP contribution < -0.4 is 10.2 Å². The fourth-order valence-corrected chi connectivity index (χ4v) is 2.83. The summed E-state index contributed by atoms with van der Waals surface area (Å²) in [6.45, 7) is 2.46. The van der Waals surface area contributed by atoms with Gasteiger partial charge < -0.3 is 10.2 Å². The van der Waals surface area contributed by atoms with Crippen LogP contribution in [0.1, 0.15) is 17.5 Å². The van der Waals surface area contributed by atoms with Gasteiger partial charge in [-0.05, 0) is 25.1 Å². The van der Waals surface area contributed by atoms with E-state index in [9.17, 15) is 14.0 Å². The summed E-state index contributed by atoms with van der Waals surface area (Å²) in [5, 5.41) is 2.73. The maximum Gasteiger partial charge on any atom is 0.227 e. The molecule has 2 amide bonds. The van der Waals surface area contributed by atoms with Crippen LogP contribution in [0.2, 0.25) is 0 Å². The molecule has 24 heavy (non-hydrogen) atoms. The molecule has 1 fully saturated rings. The Morgan fingerprint density at radius 3 is 2.62 bits per heavy atom. The zero-order valence-electron chi connectivity index (χ0n) is 13.5. The molecule has 0 bridgehead atoms. The summed E-state index contributed by atoms with van der Waals surface area (Å²) in [4.78, 5) is 26.1. The molecule has 124 valence electrons. The highest BCUT2D eigenvalue weighted by atomic mass is 19.1. The maximum atomic E-state index is 13.6. The minimum absolute atomic E-state index is 0.0649. The number of hydrogen-bond acceptors (Lipinski definition) is 2. The lowest BCUT2D eigenvalue weighted by molar-refractivity contribution is -0.126. The van der Waals surface area contributed by atoms with Crippen LogP contribution >= 0.6 is 0 Å². The van der Waals surface area contributed by atoms with Crippen molar-refractivity contribution < 1.29 is 14.0 Å². The maximum absolute atomic E-state index is 13.6. The Balaban J connectivity index is 1.62. The van der Waals surface area contributed by atoms with E-state index in [1.54, 1.807) is 23.1 Å². The normalized spacial score (nSPS) is 17.2. The van der Waals surface area contributed by atoms with Crippen molar-refractivity contribution in [1.29, 1.82) is 0 Å². The van der Waals surface area contributed by atoms with Gasteiger partial charge in [-0.1, -0.05) is 35.9 Å². The number of aryl methyl sites for hydroxylation is 1. The Morgan fingerprint density at radius 1 is 1.21 bits per heavy atom. The summed E-state index contributed by atoms with van der Waals surface area (Å²) in [7, 11) is 0. The fraction of sp³-hybridized carbons (Fsp3) is 0.263. The predicted molar refractivity (Wildman–Crippen MR) is 89.9 cm³/mol. The van der Waals surface area contributed by atoms with E-state index in [1.165, 1.54) is 6.07 Å². The van der Waals surface area contributed by atoms with Crippen molar-refractivity contribution in [2.45, 2.75) is 19.9 Å². The average Bonchev–Trinajstić information content (AvgIpc) is 2.96. The van der Waals surface area contributed by atoms with Crippen molar-refractivity contribution in [3.05, 3.63) is 65.5 Å². The molecule has 0 spiro atoms. The van der Waals surface area contributed by atoms with Gasteiger partial charge in [-0.3, -0.25) is 9.59 Å². The SMILES string of the molecule is Cc1ccc(N2C[C@H](C(=O)NCc3ccccc3F)CC2=O)cc1. The highest BCUT2D eigenvalue weighted by Gasteiger charge is 2.34. The highest BCUT2D eigenvalue weighted by Crippen LogP contribution is 2.25. The molecule has 1 heterocycles. The number of amides is 2. The van der Waals surface area contributed by atoms with Crippen LogP contribution in [-0.4, -0.2) is 18.4 Å². The van der Waals surface area contributed by atoms with Gasteiger partial charge in [0.25, 0.3) is 0 Å². The van der Waals surface area contributed by atoms with Gasteiger partial charge in [-0.15, -0.1) is 0 Å². The molecule has 1 saturated heterocycles. The Kier molecular flexibility index (Phi) is 4.60. The predicted octanol–water partition coefficient (Wildman–Crippen LogP) is 2.80. The second kappa shape index (κ2) is 6.83. The summed E-state index contributed by atoms with van der Waals surface area (Å²) in [6.07, 6.45) is 0.178. The molecule has 3 rings (SSSR count). The number of carbonyl (C=O) groups is 2. The van der Waals surface area contributed by atoms with E-state index in [4.69, 9.17) is 0 Å². The minimum Gasteiger partial charge on any atom is -0.352 e. The van der Waals surface area contributed by atoms with Crippen LogP contribution in [0.3, 0.4) is 0 Å². The molecule has 5 heteroatoms. The van der Waals surface area contributed by atoms with Crippen molar-refractivity contribution in [2.24, 2.45) is 5.92 Å². The molecule has 2 aromatic rings. The first kappa shape index (κ1) is 16.2. The number of nitrogens with zero attached hydrogens (tertiary/aromatic N) is 1. The van der Waals surface area contributed by atoms with Crippen LogP contribution in [0.15, 0.2) is 48.5 Å². The zero-order valence-corrected chi connectivity index (χ0v) is 13.5. The average molecular weight is 326 g/mol. The van der Waals surface area contributed by atoms with Crippen LogP contribution in [0.5, 0.6) is 0 Å². The largest absolute Gasteiger partial charge is 0.352 e. The van der Waals surface area contributed by atoms with E-state index in [1.807, 2.05) is 31.2 Å². The van der Waals surface area contributed by atoms with Gasteiger partial charge in [0.05, 0.1) is 5.92 Å². The molecule has 1 atom stereocenters. The van der Waals surface area contributed by atoms with E-state index in [0.717, 1.165) is 11.3 Å². The van der Waals surface area contributed by atoms with E-state index in [-0.39, 0.29) is 30.6 Å². The summed E-state index contributed by atoms with van der Waals surface area (Å²) in [6, 6.07) is 14.0.